The van der Waals surface area contributed by atoms with Crippen molar-refractivity contribution in [2.24, 2.45) is 11.8 Å². The van der Waals surface area contributed by atoms with Crippen molar-refractivity contribution in [3.63, 3.8) is 0 Å². The molecule has 3 heterocycles. The van der Waals surface area contributed by atoms with Crippen LogP contribution in [-0.2, 0) is 16.0 Å². The summed E-state index contributed by atoms with van der Waals surface area (Å²) in [5, 5.41) is 13.4. The van der Waals surface area contributed by atoms with Gasteiger partial charge in [0, 0.05) is 16.3 Å². The molecule has 0 spiro atoms. The van der Waals surface area contributed by atoms with Gasteiger partial charge in [-0.2, -0.15) is 0 Å². The summed E-state index contributed by atoms with van der Waals surface area (Å²) in [5.74, 6) is -1.68. The van der Waals surface area contributed by atoms with E-state index in [1.165, 1.54) is 10.4 Å². The molecule has 120 valence electrons. The van der Waals surface area contributed by atoms with E-state index in [9.17, 15) is 14.7 Å². The molecule has 2 aromatic rings. The fraction of sp³-hybridized carbons (Fsp3) is 0.412. The van der Waals surface area contributed by atoms with E-state index in [1.54, 1.807) is 22.7 Å². The lowest BCUT2D eigenvalue weighted by molar-refractivity contribution is -0.157. The van der Waals surface area contributed by atoms with Gasteiger partial charge in [0.15, 0.2) is 0 Å². The van der Waals surface area contributed by atoms with E-state index in [0.29, 0.717) is 19.4 Å². The van der Waals surface area contributed by atoms with Gasteiger partial charge in [-0.25, -0.2) is 0 Å². The number of hydrogen-bond donors (Lipinski definition) is 1. The highest BCUT2D eigenvalue weighted by molar-refractivity contribution is 7.10. The highest BCUT2D eigenvalue weighted by Crippen LogP contribution is 2.43. The first-order valence-corrected chi connectivity index (χ1v) is 9.55. The first-order valence-electron chi connectivity index (χ1n) is 7.79. The Kier molecular flexibility index (Phi) is 3.73. The standard InChI is InChI=1S/C17H17NO3S2/c19-16(10-3-4-11(10)17(20)21)18-7-5-13-12(6-9-23-13)15(18)14-2-1-8-22-14/h1-2,6,8-11,15H,3-5,7H2,(H,20,21). The first kappa shape index (κ1) is 14.9. The number of rotatable bonds is 3. The predicted octanol–water partition coefficient (Wildman–Crippen LogP) is 3.39. The van der Waals surface area contributed by atoms with Crippen molar-refractivity contribution in [2.75, 3.05) is 6.54 Å². The van der Waals surface area contributed by atoms with E-state index in [2.05, 4.69) is 17.5 Å². The second-order valence-electron chi connectivity index (χ2n) is 6.13. The SMILES string of the molecule is O=C(O)C1CCC1C(=O)N1CCc2sccc2C1c1cccs1. The zero-order valence-electron chi connectivity index (χ0n) is 12.5. The van der Waals surface area contributed by atoms with E-state index < -0.39 is 11.9 Å². The molecule has 23 heavy (non-hydrogen) atoms. The molecule has 0 bridgehead atoms. The number of amides is 1. The third-order valence-electron chi connectivity index (χ3n) is 4.97. The van der Waals surface area contributed by atoms with Crippen LogP contribution in [0.1, 0.15) is 34.2 Å². The molecule has 0 radical (unpaired) electrons. The highest BCUT2D eigenvalue weighted by Gasteiger charge is 2.45. The maximum Gasteiger partial charge on any atom is 0.307 e. The fourth-order valence-electron chi connectivity index (χ4n) is 3.61. The van der Waals surface area contributed by atoms with Crippen molar-refractivity contribution >= 4 is 34.6 Å². The molecular formula is C17H17NO3S2. The van der Waals surface area contributed by atoms with Gasteiger partial charge in [-0.3, -0.25) is 9.59 Å². The summed E-state index contributed by atoms with van der Waals surface area (Å²) in [6.45, 7) is 0.678. The summed E-state index contributed by atoms with van der Waals surface area (Å²) < 4.78 is 0. The summed E-state index contributed by atoms with van der Waals surface area (Å²) in [6.07, 6.45) is 2.18. The van der Waals surface area contributed by atoms with E-state index in [0.717, 1.165) is 11.3 Å². The molecule has 0 saturated heterocycles. The zero-order chi connectivity index (χ0) is 16.0. The molecule has 1 aliphatic carbocycles. The summed E-state index contributed by atoms with van der Waals surface area (Å²) in [6, 6.07) is 6.14. The van der Waals surface area contributed by atoms with Crippen LogP contribution in [0.3, 0.4) is 0 Å². The molecule has 2 aromatic heterocycles. The summed E-state index contributed by atoms with van der Waals surface area (Å²) in [5.41, 5.74) is 1.21. The monoisotopic (exact) mass is 347 g/mol. The van der Waals surface area contributed by atoms with Gasteiger partial charge >= 0.3 is 5.97 Å². The Balaban J connectivity index is 1.67. The van der Waals surface area contributed by atoms with Crippen molar-refractivity contribution in [2.45, 2.75) is 25.3 Å². The van der Waals surface area contributed by atoms with Crippen LogP contribution in [0.4, 0.5) is 0 Å². The normalized spacial score (nSPS) is 26.4. The lowest BCUT2D eigenvalue weighted by Gasteiger charge is -2.41. The van der Waals surface area contributed by atoms with Crippen LogP contribution < -0.4 is 0 Å². The number of carboxylic acids is 1. The minimum absolute atomic E-state index is 0.0129. The van der Waals surface area contributed by atoms with Crippen molar-refractivity contribution in [3.8, 4) is 0 Å². The molecule has 1 saturated carbocycles. The van der Waals surface area contributed by atoms with E-state index in [4.69, 9.17) is 0 Å². The molecule has 0 aromatic carbocycles. The Labute approximate surface area is 142 Å². The third kappa shape index (κ3) is 2.40. The smallest absolute Gasteiger partial charge is 0.307 e. The molecular weight excluding hydrogens is 330 g/mol. The number of carbonyl (C=O) groups is 2. The molecule has 4 rings (SSSR count). The van der Waals surface area contributed by atoms with Crippen molar-refractivity contribution in [1.82, 2.24) is 4.90 Å². The first-order chi connectivity index (χ1) is 11.2. The number of carboxylic acid groups (broad SMARTS) is 1. The minimum Gasteiger partial charge on any atom is -0.481 e. The average molecular weight is 347 g/mol. The highest BCUT2D eigenvalue weighted by atomic mass is 32.1. The van der Waals surface area contributed by atoms with Crippen LogP contribution >= 0.6 is 22.7 Å². The summed E-state index contributed by atoms with van der Waals surface area (Å²) >= 11 is 3.40. The fourth-order valence-corrected chi connectivity index (χ4v) is 5.37. The molecule has 1 fully saturated rings. The molecule has 1 aliphatic heterocycles. The number of aliphatic carboxylic acids is 1. The topological polar surface area (TPSA) is 57.6 Å². The van der Waals surface area contributed by atoms with Crippen molar-refractivity contribution in [1.29, 1.82) is 0 Å². The maximum absolute atomic E-state index is 13.0. The lowest BCUT2D eigenvalue weighted by atomic mass is 9.72. The largest absolute Gasteiger partial charge is 0.481 e. The van der Waals surface area contributed by atoms with Crippen LogP contribution in [0.15, 0.2) is 29.0 Å². The molecule has 3 atom stereocenters. The van der Waals surface area contributed by atoms with Crippen LogP contribution in [0.25, 0.3) is 0 Å². The van der Waals surface area contributed by atoms with Gasteiger partial charge < -0.3 is 10.0 Å². The Morgan fingerprint density at radius 1 is 1.13 bits per heavy atom. The second kappa shape index (κ2) is 5.76. The van der Waals surface area contributed by atoms with Gasteiger partial charge in [0.1, 0.15) is 0 Å². The van der Waals surface area contributed by atoms with Crippen LogP contribution in [0.5, 0.6) is 0 Å². The average Bonchev–Trinajstić information content (AvgIpc) is 3.15. The Morgan fingerprint density at radius 2 is 1.96 bits per heavy atom. The Morgan fingerprint density at radius 3 is 2.61 bits per heavy atom. The lowest BCUT2D eigenvalue weighted by Crippen LogP contribution is -2.49. The minimum atomic E-state index is -0.837. The molecule has 6 heteroatoms. The van der Waals surface area contributed by atoms with Gasteiger partial charge in [0.05, 0.1) is 17.9 Å². The van der Waals surface area contributed by atoms with E-state index in [1.807, 2.05) is 16.3 Å². The summed E-state index contributed by atoms with van der Waals surface area (Å²) in [7, 11) is 0. The summed E-state index contributed by atoms with van der Waals surface area (Å²) in [4.78, 5) is 28.7. The number of nitrogens with zero attached hydrogens (tertiary/aromatic N) is 1. The quantitative estimate of drug-likeness (QED) is 0.926. The van der Waals surface area contributed by atoms with Crippen molar-refractivity contribution in [3.05, 3.63) is 44.3 Å². The zero-order valence-corrected chi connectivity index (χ0v) is 14.1. The molecule has 2 aliphatic rings. The van der Waals surface area contributed by atoms with Gasteiger partial charge in [-0.15, -0.1) is 22.7 Å². The molecule has 3 unspecified atom stereocenters. The van der Waals surface area contributed by atoms with Crippen LogP contribution in [0.2, 0.25) is 0 Å². The Hall–Kier alpha value is -1.66. The third-order valence-corrected chi connectivity index (χ3v) is 6.89. The van der Waals surface area contributed by atoms with Gasteiger partial charge in [-0.05, 0) is 47.7 Å². The van der Waals surface area contributed by atoms with Gasteiger partial charge in [0.25, 0.3) is 0 Å². The number of fused-ring (bicyclic) bond motifs is 1. The van der Waals surface area contributed by atoms with Gasteiger partial charge in [0.2, 0.25) is 5.91 Å². The second-order valence-corrected chi connectivity index (χ2v) is 8.11. The van der Waals surface area contributed by atoms with Crippen LogP contribution in [0, 0.1) is 11.8 Å². The molecule has 4 nitrogen and oxygen atoms in total. The number of thiophene rings is 2. The molecule has 1 amide bonds. The van der Waals surface area contributed by atoms with E-state index in [-0.39, 0.29) is 17.9 Å². The van der Waals surface area contributed by atoms with Gasteiger partial charge in [-0.1, -0.05) is 6.07 Å². The Bertz CT molecular complexity index is 737. The number of carbonyl (C=O) groups excluding carboxylic acids is 1. The number of hydrogen-bond acceptors (Lipinski definition) is 4. The maximum atomic E-state index is 13.0. The molecule has 1 N–H and O–H groups in total. The van der Waals surface area contributed by atoms with E-state index >= 15 is 0 Å². The predicted molar refractivity (Wildman–Crippen MR) is 89.7 cm³/mol. The van der Waals surface area contributed by atoms with Crippen LogP contribution in [-0.4, -0.2) is 28.4 Å². The van der Waals surface area contributed by atoms with Crippen molar-refractivity contribution < 1.29 is 14.7 Å².